The minimum absolute atomic E-state index is 0.184. The molecule has 2 heterocycles. The maximum Gasteiger partial charge on any atom is 0.0577 e. The maximum atomic E-state index is 4.52. The van der Waals surface area contributed by atoms with Crippen LogP contribution >= 0.6 is 0 Å². The van der Waals surface area contributed by atoms with Crippen LogP contribution in [0.4, 0.5) is 0 Å². The highest BCUT2D eigenvalue weighted by Crippen LogP contribution is 2.14. The fourth-order valence-electron chi connectivity index (χ4n) is 2.50. The highest BCUT2D eigenvalue weighted by atomic mass is 15.2. The van der Waals surface area contributed by atoms with E-state index in [1.165, 1.54) is 0 Å². The smallest absolute Gasteiger partial charge is 0.0577 e. The van der Waals surface area contributed by atoms with Gasteiger partial charge in [-0.25, -0.2) is 0 Å². The number of pyridine rings is 2. The van der Waals surface area contributed by atoms with Gasteiger partial charge in [0.1, 0.15) is 0 Å². The predicted octanol–water partition coefficient (Wildman–Crippen LogP) is 1.84. The Hall–Kier alpha value is -1.82. The second-order valence-corrected chi connectivity index (χ2v) is 6.39. The van der Waals surface area contributed by atoms with E-state index < -0.39 is 0 Å². The molecule has 0 saturated heterocycles. The van der Waals surface area contributed by atoms with Crippen LogP contribution in [0.2, 0.25) is 0 Å². The molecule has 0 aromatic carbocycles. The molecule has 1 N–H and O–H groups in total. The molecule has 2 aromatic heterocycles. The fraction of sp³-hybridized carbons (Fsp3) is 0.474. The minimum Gasteiger partial charge on any atom is -0.308 e. The first-order valence-corrected chi connectivity index (χ1v) is 8.52. The minimum atomic E-state index is 0.184. The number of likely N-dealkylation sites (N-methyl/N-ethyl adjacent to an activating group) is 2. The first-order chi connectivity index (χ1) is 11.6. The highest BCUT2D eigenvalue weighted by Gasteiger charge is 2.13. The molecule has 0 aliphatic rings. The summed E-state index contributed by atoms with van der Waals surface area (Å²) in [7, 11) is 6.38. The molecule has 0 bridgehead atoms. The number of rotatable bonds is 10. The number of nitrogens with one attached hydrogen (secondary N) is 1. The average molecular weight is 327 g/mol. The average Bonchev–Trinajstić information content (AvgIpc) is 2.61. The van der Waals surface area contributed by atoms with Gasteiger partial charge in [0.2, 0.25) is 0 Å². The van der Waals surface area contributed by atoms with Crippen LogP contribution in [0.5, 0.6) is 0 Å². The summed E-state index contributed by atoms with van der Waals surface area (Å²) in [6.07, 6.45) is 4.55. The molecular formula is C19H29N5. The molecule has 0 aliphatic carbocycles. The third-order valence-electron chi connectivity index (χ3n) is 4.00. The van der Waals surface area contributed by atoms with Crippen LogP contribution in [0.1, 0.15) is 17.4 Å². The lowest BCUT2D eigenvalue weighted by Gasteiger charge is -2.22. The number of aromatic nitrogens is 2. The van der Waals surface area contributed by atoms with Gasteiger partial charge >= 0.3 is 0 Å². The maximum absolute atomic E-state index is 4.52. The van der Waals surface area contributed by atoms with Crippen molar-refractivity contribution in [1.82, 2.24) is 25.1 Å². The Morgan fingerprint density at radius 1 is 0.917 bits per heavy atom. The zero-order valence-corrected chi connectivity index (χ0v) is 15.0. The lowest BCUT2D eigenvalue weighted by atomic mass is 10.1. The fourth-order valence-corrected chi connectivity index (χ4v) is 2.50. The van der Waals surface area contributed by atoms with Gasteiger partial charge in [0.25, 0.3) is 0 Å². The number of hydrogen-bond donors (Lipinski definition) is 1. The van der Waals surface area contributed by atoms with Gasteiger partial charge in [-0.15, -0.1) is 0 Å². The van der Waals surface area contributed by atoms with Gasteiger partial charge in [-0.1, -0.05) is 12.1 Å². The molecule has 24 heavy (non-hydrogen) atoms. The van der Waals surface area contributed by atoms with Gasteiger partial charge in [0.15, 0.2) is 0 Å². The third-order valence-corrected chi connectivity index (χ3v) is 4.00. The summed E-state index contributed by atoms with van der Waals surface area (Å²) in [5.41, 5.74) is 2.15. The molecule has 0 fully saturated rings. The molecule has 0 saturated carbocycles. The van der Waals surface area contributed by atoms with E-state index in [9.17, 15) is 0 Å². The van der Waals surface area contributed by atoms with Crippen molar-refractivity contribution in [2.24, 2.45) is 0 Å². The standard InChI is InChI=1S/C19H29N5/c1-23(2)14-15-24(3)13-12-22-19(18-9-5-7-11-21-18)16-17-8-4-6-10-20-17/h4-11,19,22H,12-16H2,1-3H3. The van der Waals surface area contributed by atoms with Crippen molar-refractivity contribution in [3.05, 3.63) is 60.2 Å². The van der Waals surface area contributed by atoms with Gasteiger partial charge in [0, 0.05) is 50.7 Å². The molecule has 5 nitrogen and oxygen atoms in total. The zero-order valence-electron chi connectivity index (χ0n) is 15.0. The molecule has 1 unspecified atom stereocenters. The van der Waals surface area contributed by atoms with Crippen LogP contribution in [0.25, 0.3) is 0 Å². The summed E-state index contributed by atoms with van der Waals surface area (Å²) in [5, 5.41) is 3.65. The quantitative estimate of drug-likeness (QED) is 0.721. The Labute approximate surface area is 145 Å². The van der Waals surface area contributed by atoms with Crippen molar-refractivity contribution in [1.29, 1.82) is 0 Å². The molecule has 1 atom stereocenters. The van der Waals surface area contributed by atoms with E-state index in [4.69, 9.17) is 0 Å². The van der Waals surface area contributed by atoms with E-state index >= 15 is 0 Å². The van der Waals surface area contributed by atoms with Crippen LogP contribution in [0, 0.1) is 0 Å². The van der Waals surface area contributed by atoms with Gasteiger partial charge < -0.3 is 15.1 Å². The molecule has 130 valence electrons. The molecular weight excluding hydrogens is 298 g/mol. The van der Waals surface area contributed by atoms with E-state index in [1.54, 1.807) is 0 Å². The van der Waals surface area contributed by atoms with Gasteiger partial charge in [-0.05, 0) is 45.4 Å². The monoisotopic (exact) mass is 327 g/mol. The van der Waals surface area contributed by atoms with E-state index in [-0.39, 0.29) is 6.04 Å². The van der Waals surface area contributed by atoms with Crippen LogP contribution in [0.3, 0.4) is 0 Å². The molecule has 0 amide bonds. The third kappa shape index (κ3) is 6.74. The topological polar surface area (TPSA) is 44.3 Å². The summed E-state index contributed by atoms with van der Waals surface area (Å²) < 4.78 is 0. The van der Waals surface area contributed by atoms with Crippen molar-refractivity contribution in [2.75, 3.05) is 47.3 Å². The molecule has 2 rings (SSSR count). The summed E-state index contributed by atoms with van der Waals surface area (Å²) in [6.45, 7) is 4.09. The van der Waals surface area contributed by atoms with Crippen molar-refractivity contribution < 1.29 is 0 Å². The Morgan fingerprint density at radius 3 is 2.29 bits per heavy atom. The molecule has 0 aliphatic heterocycles. The summed E-state index contributed by atoms with van der Waals surface area (Å²) >= 11 is 0. The van der Waals surface area contributed by atoms with Gasteiger partial charge in [-0.2, -0.15) is 0 Å². The lowest BCUT2D eigenvalue weighted by Crippen LogP contribution is -2.36. The van der Waals surface area contributed by atoms with E-state index in [0.29, 0.717) is 0 Å². The van der Waals surface area contributed by atoms with Crippen molar-refractivity contribution in [2.45, 2.75) is 12.5 Å². The summed E-state index contributed by atoms with van der Waals surface area (Å²) in [4.78, 5) is 13.5. The Kier molecular flexibility index (Phi) is 7.82. The van der Waals surface area contributed by atoms with Gasteiger partial charge in [-0.3, -0.25) is 9.97 Å². The highest BCUT2D eigenvalue weighted by molar-refractivity contribution is 5.13. The number of hydrogen-bond acceptors (Lipinski definition) is 5. The second kappa shape index (κ2) is 10.1. The normalized spacial score (nSPS) is 12.7. The summed E-state index contributed by atoms with van der Waals surface area (Å²) in [6, 6.07) is 12.3. The summed E-state index contributed by atoms with van der Waals surface area (Å²) in [5.74, 6) is 0. The number of nitrogens with zero attached hydrogens (tertiary/aromatic N) is 4. The van der Waals surface area contributed by atoms with Crippen LogP contribution in [-0.4, -0.2) is 67.1 Å². The predicted molar refractivity (Wildman–Crippen MR) is 99.0 cm³/mol. The van der Waals surface area contributed by atoms with Crippen LogP contribution < -0.4 is 5.32 Å². The van der Waals surface area contributed by atoms with Crippen molar-refractivity contribution in [3.63, 3.8) is 0 Å². The zero-order chi connectivity index (χ0) is 17.2. The van der Waals surface area contributed by atoms with Crippen molar-refractivity contribution in [3.8, 4) is 0 Å². The second-order valence-electron chi connectivity index (χ2n) is 6.39. The molecule has 2 aromatic rings. The molecule has 0 radical (unpaired) electrons. The van der Waals surface area contributed by atoms with Gasteiger partial charge in [0.05, 0.1) is 11.7 Å². The van der Waals surface area contributed by atoms with E-state index in [2.05, 4.69) is 58.4 Å². The van der Waals surface area contributed by atoms with Crippen LogP contribution in [-0.2, 0) is 6.42 Å². The van der Waals surface area contributed by atoms with Crippen molar-refractivity contribution >= 4 is 0 Å². The Bertz CT molecular complexity index is 558. The Balaban J connectivity index is 1.89. The first-order valence-electron chi connectivity index (χ1n) is 8.52. The largest absolute Gasteiger partial charge is 0.308 e. The first kappa shape index (κ1) is 18.5. The van der Waals surface area contributed by atoms with E-state index in [0.717, 1.165) is 44.0 Å². The lowest BCUT2D eigenvalue weighted by molar-refractivity contribution is 0.277. The van der Waals surface area contributed by atoms with E-state index in [1.807, 2.05) is 36.7 Å². The van der Waals surface area contributed by atoms with Crippen LogP contribution in [0.15, 0.2) is 48.8 Å². The molecule has 0 spiro atoms. The SMILES string of the molecule is CN(C)CCN(C)CCNC(Cc1ccccn1)c1ccccn1. The Morgan fingerprint density at radius 2 is 1.67 bits per heavy atom. The molecule has 5 heteroatoms.